The van der Waals surface area contributed by atoms with Crippen LogP contribution in [0.4, 0.5) is 5.69 Å². The van der Waals surface area contributed by atoms with Crippen LogP contribution in [0.5, 0.6) is 5.75 Å². The lowest BCUT2D eigenvalue weighted by Gasteiger charge is -2.31. The minimum atomic E-state index is -0.645. The molecule has 2 heterocycles. The van der Waals surface area contributed by atoms with Gasteiger partial charge < -0.3 is 4.74 Å². The van der Waals surface area contributed by atoms with Gasteiger partial charge in [0.25, 0.3) is 6.17 Å². The van der Waals surface area contributed by atoms with Crippen molar-refractivity contribution in [3.05, 3.63) is 64.4 Å². The van der Waals surface area contributed by atoms with Gasteiger partial charge in [0.15, 0.2) is 0 Å². The number of ether oxygens (including phenoxy) is 1. The van der Waals surface area contributed by atoms with Crippen molar-refractivity contribution in [1.82, 2.24) is 10.1 Å². The van der Waals surface area contributed by atoms with Crippen molar-refractivity contribution in [3.8, 4) is 17.0 Å². The third-order valence-corrected chi connectivity index (χ3v) is 5.36. The molecular formula is C21H21N4O3S+. The monoisotopic (exact) mass is 409 g/mol. The molecule has 1 aromatic heterocycles. The number of benzene rings is 2. The Balaban J connectivity index is 2.09. The average Bonchev–Trinajstić information content (AvgIpc) is 2.73. The number of anilines is 1. The van der Waals surface area contributed by atoms with E-state index in [1.54, 1.807) is 9.58 Å². The first-order valence-electron chi connectivity index (χ1n) is 9.27. The fourth-order valence-corrected chi connectivity index (χ4v) is 4.03. The normalized spacial score (nSPS) is 14.9. The Morgan fingerprint density at radius 3 is 2.69 bits per heavy atom. The predicted octanol–water partition coefficient (Wildman–Crippen LogP) is 2.76. The first-order valence-corrected chi connectivity index (χ1v) is 10.5. The van der Waals surface area contributed by atoms with E-state index in [1.165, 1.54) is 18.7 Å². The molecular weight excluding hydrogens is 388 g/mol. The molecule has 7 nitrogen and oxygen atoms in total. The minimum Gasteiger partial charge on any atom is -0.493 e. The van der Waals surface area contributed by atoms with Crippen LogP contribution in [0.3, 0.4) is 0 Å². The SMILES string of the molecule is CCOc1ccccc1C1N(C(C)=O)c2ccccc2-c2c(=O)[nH]c(SC)n[n+]21. The zero-order chi connectivity index (χ0) is 20.5. The van der Waals surface area contributed by atoms with Gasteiger partial charge in [-0.05, 0) is 42.1 Å². The lowest BCUT2D eigenvalue weighted by molar-refractivity contribution is -0.763. The highest BCUT2D eigenvalue weighted by Gasteiger charge is 2.45. The molecule has 0 saturated carbocycles. The Morgan fingerprint density at radius 2 is 1.97 bits per heavy atom. The summed E-state index contributed by atoms with van der Waals surface area (Å²) >= 11 is 1.34. The molecule has 1 aliphatic heterocycles. The molecule has 0 spiro atoms. The molecule has 1 N–H and O–H groups in total. The van der Waals surface area contributed by atoms with Gasteiger partial charge in [-0.1, -0.05) is 36.0 Å². The summed E-state index contributed by atoms with van der Waals surface area (Å²) in [4.78, 5) is 30.3. The first-order chi connectivity index (χ1) is 14.1. The quantitative estimate of drug-likeness (QED) is 0.530. The van der Waals surface area contributed by atoms with Gasteiger partial charge in [0, 0.05) is 12.0 Å². The van der Waals surface area contributed by atoms with Crippen LogP contribution in [0.2, 0.25) is 0 Å². The maximum atomic E-state index is 13.0. The third-order valence-electron chi connectivity index (χ3n) is 4.79. The molecule has 0 fully saturated rings. The third kappa shape index (κ3) is 3.19. The van der Waals surface area contributed by atoms with Crippen LogP contribution in [-0.4, -0.2) is 28.9 Å². The summed E-state index contributed by atoms with van der Waals surface area (Å²) < 4.78 is 7.47. The predicted molar refractivity (Wildman–Crippen MR) is 111 cm³/mol. The van der Waals surface area contributed by atoms with E-state index in [4.69, 9.17) is 4.74 Å². The highest BCUT2D eigenvalue weighted by Crippen LogP contribution is 2.39. The van der Waals surface area contributed by atoms with Crippen LogP contribution in [0, 0.1) is 0 Å². The number of hydrogen-bond donors (Lipinski definition) is 1. The second-order valence-corrected chi connectivity index (χ2v) is 7.30. The molecule has 1 unspecified atom stereocenters. The zero-order valence-electron chi connectivity index (χ0n) is 16.4. The number of aromatic amines is 1. The molecule has 1 aliphatic rings. The summed E-state index contributed by atoms with van der Waals surface area (Å²) in [6.07, 6.45) is 1.20. The number of rotatable bonds is 4. The number of H-pyrrole nitrogens is 1. The number of nitrogens with one attached hydrogen (secondary N) is 1. The highest BCUT2D eigenvalue weighted by molar-refractivity contribution is 7.98. The van der Waals surface area contributed by atoms with Crippen molar-refractivity contribution in [2.45, 2.75) is 25.2 Å². The van der Waals surface area contributed by atoms with Crippen molar-refractivity contribution in [1.29, 1.82) is 0 Å². The van der Waals surface area contributed by atoms with Gasteiger partial charge in [0.2, 0.25) is 11.1 Å². The number of fused-ring (bicyclic) bond motifs is 3. The van der Waals surface area contributed by atoms with Crippen LogP contribution in [-0.2, 0) is 4.79 Å². The number of amides is 1. The van der Waals surface area contributed by atoms with E-state index in [2.05, 4.69) is 10.1 Å². The smallest absolute Gasteiger partial charge is 0.325 e. The maximum Gasteiger partial charge on any atom is 0.325 e. The molecule has 3 aromatic rings. The largest absolute Gasteiger partial charge is 0.493 e. The van der Waals surface area contributed by atoms with Gasteiger partial charge in [-0.15, -0.1) is 0 Å². The maximum absolute atomic E-state index is 13.0. The van der Waals surface area contributed by atoms with E-state index < -0.39 is 6.17 Å². The molecule has 1 amide bonds. The second kappa shape index (κ2) is 7.71. The van der Waals surface area contributed by atoms with Crippen molar-refractivity contribution in [2.24, 2.45) is 0 Å². The summed E-state index contributed by atoms with van der Waals surface area (Å²) in [6, 6.07) is 14.9. The van der Waals surface area contributed by atoms with Gasteiger partial charge in [0.1, 0.15) is 5.75 Å². The Kier molecular flexibility index (Phi) is 5.10. The summed E-state index contributed by atoms with van der Waals surface area (Å²) in [6.45, 7) is 3.91. The van der Waals surface area contributed by atoms with Crippen LogP contribution < -0.4 is 19.9 Å². The molecule has 4 rings (SSSR count). The van der Waals surface area contributed by atoms with Gasteiger partial charge in [-0.25, -0.2) is 4.90 Å². The van der Waals surface area contributed by atoms with E-state index in [0.29, 0.717) is 34.5 Å². The number of thioether (sulfide) groups is 1. The van der Waals surface area contributed by atoms with Crippen LogP contribution in [0.25, 0.3) is 11.3 Å². The van der Waals surface area contributed by atoms with Crippen LogP contribution >= 0.6 is 11.8 Å². The van der Waals surface area contributed by atoms with Gasteiger partial charge in [0.05, 0.1) is 23.4 Å². The molecule has 2 aromatic carbocycles. The number of nitrogens with zero attached hydrogens (tertiary/aromatic N) is 3. The molecule has 0 bridgehead atoms. The van der Waals surface area contributed by atoms with Gasteiger partial charge in [-0.3, -0.25) is 14.6 Å². The highest BCUT2D eigenvalue weighted by atomic mass is 32.2. The number of carbonyl (C=O) groups excluding carboxylic acids is 1. The molecule has 8 heteroatoms. The first kappa shape index (κ1) is 19.2. The average molecular weight is 409 g/mol. The molecule has 1 atom stereocenters. The van der Waals surface area contributed by atoms with Crippen molar-refractivity contribution >= 4 is 23.4 Å². The fourth-order valence-electron chi connectivity index (χ4n) is 3.67. The number of hydrogen-bond acceptors (Lipinski definition) is 5. The van der Waals surface area contributed by atoms with Gasteiger partial charge >= 0.3 is 11.3 Å². The molecule has 148 valence electrons. The molecule has 0 radical (unpaired) electrons. The Morgan fingerprint density at radius 1 is 1.24 bits per heavy atom. The van der Waals surface area contributed by atoms with E-state index in [9.17, 15) is 9.59 Å². The van der Waals surface area contributed by atoms with E-state index in [0.717, 1.165) is 5.56 Å². The summed E-state index contributed by atoms with van der Waals surface area (Å²) in [7, 11) is 0. The van der Waals surface area contributed by atoms with Crippen molar-refractivity contribution in [2.75, 3.05) is 17.8 Å². The van der Waals surface area contributed by atoms with Crippen molar-refractivity contribution < 1.29 is 14.2 Å². The number of para-hydroxylation sites is 2. The molecule has 0 aliphatic carbocycles. The summed E-state index contributed by atoms with van der Waals surface area (Å²) in [5.74, 6) is 0.497. The van der Waals surface area contributed by atoms with Crippen LogP contribution in [0.15, 0.2) is 58.5 Å². The lowest BCUT2D eigenvalue weighted by Crippen LogP contribution is -2.60. The van der Waals surface area contributed by atoms with E-state index in [1.807, 2.05) is 61.7 Å². The number of carbonyl (C=O) groups is 1. The Labute approximate surface area is 172 Å². The summed E-state index contributed by atoms with van der Waals surface area (Å²) in [5, 5.41) is 5.13. The Hall–Kier alpha value is -3.13. The number of aromatic nitrogens is 3. The molecule has 29 heavy (non-hydrogen) atoms. The molecule has 0 saturated heterocycles. The van der Waals surface area contributed by atoms with E-state index in [-0.39, 0.29) is 11.5 Å². The fraction of sp³-hybridized carbons (Fsp3) is 0.238. The standard InChI is InChI=1S/C21H20N4O3S/c1-4-28-17-12-8-6-10-15(17)20-24(13(2)26)16-11-7-5-9-14(16)18-19(27)22-21(29-3)23-25(18)20/h5-12,20H,4H2,1-3H3/p+1. The zero-order valence-corrected chi connectivity index (χ0v) is 17.2. The lowest BCUT2D eigenvalue weighted by atomic mass is 10.0. The second-order valence-electron chi connectivity index (χ2n) is 6.51. The van der Waals surface area contributed by atoms with Crippen molar-refractivity contribution in [3.63, 3.8) is 0 Å². The van der Waals surface area contributed by atoms with E-state index >= 15 is 0 Å². The topological polar surface area (TPSA) is 79.2 Å². The minimum absolute atomic E-state index is 0.153. The Bertz CT molecular complexity index is 1140. The summed E-state index contributed by atoms with van der Waals surface area (Å²) in [5.41, 5.74) is 2.25. The van der Waals surface area contributed by atoms with Crippen LogP contribution in [0.1, 0.15) is 25.6 Å². The van der Waals surface area contributed by atoms with Gasteiger partial charge in [-0.2, -0.15) is 0 Å².